The zero-order valence-electron chi connectivity index (χ0n) is 14.2. The van der Waals surface area contributed by atoms with Crippen LogP contribution in [-0.4, -0.2) is 45.0 Å². The van der Waals surface area contributed by atoms with Gasteiger partial charge in [-0.05, 0) is 18.2 Å². The van der Waals surface area contributed by atoms with Crippen LogP contribution in [0.2, 0.25) is 0 Å². The van der Waals surface area contributed by atoms with E-state index in [1.807, 2.05) is 54.6 Å². The second-order valence-electron chi connectivity index (χ2n) is 5.69. The Balaban J connectivity index is 1.73. The fourth-order valence-electron chi connectivity index (χ4n) is 2.70. The van der Waals surface area contributed by atoms with Crippen LogP contribution in [0.3, 0.4) is 0 Å². The summed E-state index contributed by atoms with van der Waals surface area (Å²) in [6, 6.07) is 17.8. The number of methoxy groups -OCH3 is 1. The van der Waals surface area contributed by atoms with Crippen LogP contribution in [0.4, 0.5) is 0 Å². The zero-order valence-corrected chi connectivity index (χ0v) is 14.2. The molecular weight excluding hydrogens is 316 g/mol. The Hall–Kier alpha value is -2.70. The van der Waals surface area contributed by atoms with Gasteiger partial charge in [-0.25, -0.2) is 9.67 Å². The maximum atomic E-state index is 9.38. The third-order valence-corrected chi connectivity index (χ3v) is 3.93. The Kier molecular flexibility index (Phi) is 5.77. The first kappa shape index (κ1) is 17.1. The molecule has 0 aliphatic carbocycles. The normalized spacial score (nSPS) is 11.0. The van der Waals surface area contributed by atoms with Crippen LogP contribution in [-0.2, 0) is 13.1 Å². The van der Waals surface area contributed by atoms with E-state index in [1.165, 1.54) is 0 Å². The first-order chi connectivity index (χ1) is 12.3. The van der Waals surface area contributed by atoms with Crippen molar-refractivity contribution in [1.29, 1.82) is 0 Å². The van der Waals surface area contributed by atoms with Crippen LogP contribution in [0.5, 0.6) is 5.75 Å². The van der Waals surface area contributed by atoms with E-state index in [0.717, 1.165) is 17.0 Å². The van der Waals surface area contributed by atoms with E-state index in [1.54, 1.807) is 18.1 Å². The predicted molar refractivity (Wildman–Crippen MR) is 95.6 cm³/mol. The highest BCUT2D eigenvalue weighted by Gasteiger charge is 2.12. The molecule has 3 rings (SSSR count). The molecule has 0 atom stereocenters. The topological polar surface area (TPSA) is 63.4 Å². The molecule has 6 heteroatoms. The van der Waals surface area contributed by atoms with Crippen molar-refractivity contribution in [2.24, 2.45) is 0 Å². The largest absolute Gasteiger partial charge is 0.496 e. The summed E-state index contributed by atoms with van der Waals surface area (Å²) in [6.07, 6.45) is 1.71. The van der Waals surface area contributed by atoms with Crippen molar-refractivity contribution in [3.8, 4) is 11.4 Å². The first-order valence-electron chi connectivity index (χ1n) is 8.21. The maximum absolute atomic E-state index is 9.38. The molecule has 1 aromatic heterocycles. The lowest BCUT2D eigenvalue weighted by Gasteiger charge is -2.21. The van der Waals surface area contributed by atoms with E-state index in [9.17, 15) is 5.11 Å². The molecule has 0 saturated heterocycles. The van der Waals surface area contributed by atoms with E-state index in [2.05, 4.69) is 15.0 Å². The van der Waals surface area contributed by atoms with Crippen molar-refractivity contribution >= 4 is 0 Å². The van der Waals surface area contributed by atoms with Gasteiger partial charge in [-0.3, -0.25) is 4.90 Å². The number of aliphatic hydroxyl groups is 1. The molecule has 0 fully saturated rings. The first-order valence-corrected chi connectivity index (χ1v) is 8.21. The molecule has 0 radical (unpaired) electrons. The number of nitrogens with zero attached hydrogens (tertiary/aromatic N) is 4. The predicted octanol–water partition coefficient (Wildman–Crippen LogP) is 2.27. The van der Waals surface area contributed by atoms with Gasteiger partial charge >= 0.3 is 0 Å². The molecule has 0 unspecified atom stereocenters. The minimum Gasteiger partial charge on any atom is -0.496 e. The average molecular weight is 338 g/mol. The number of aromatic nitrogens is 3. The van der Waals surface area contributed by atoms with Gasteiger partial charge in [0.05, 0.1) is 25.9 Å². The van der Waals surface area contributed by atoms with Crippen molar-refractivity contribution in [2.75, 3.05) is 20.3 Å². The molecule has 2 aromatic carbocycles. The number of benzene rings is 2. The number of hydrogen-bond donors (Lipinski definition) is 1. The highest BCUT2D eigenvalue weighted by molar-refractivity contribution is 5.33. The molecule has 0 saturated carbocycles. The van der Waals surface area contributed by atoms with E-state index < -0.39 is 0 Å². The highest BCUT2D eigenvalue weighted by atomic mass is 16.5. The van der Waals surface area contributed by atoms with Gasteiger partial charge in [0.1, 0.15) is 12.1 Å². The summed E-state index contributed by atoms with van der Waals surface area (Å²) in [5.74, 6) is 1.56. The van der Waals surface area contributed by atoms with Crippen LogP contribution in [0.15, 0.2) is 60.9 Å². The Morgan fingerprint density at radius 3 is 2.56 bits per heavy atom. The van der Waals surface area contributed by atoms with Gasteiger partial charge in [-0.15, -0.1) is 5.10 Å². The third-order valence-electron chi connectivity index (χ3n) is 3.93. The second-order valence-corrected chi connectivity index (χ2v) is 5.69. The number of aliphatic hydroxyl groups excluding tert-OH is 1. The maximum Gasteiger partial charge on any atom is 0.165 e. The van der Waals surface area contributed by atoms with Crippen molar-refractivity contribution in [1.82, 2.24) is 19.7 Å². The van der Waals surface area contributed by atoms with E-state index >= 15 is 0 Å². The van der Waals surface area contributed by atoms with E-state index in [4.69, 9.17) is 4.74 Å². The molecule has 1 heterocycles. The lowest BCUT2D eigenvalue weighted by Crippen LogP contribution is -2.27. The molecule has 6 nitrogen and oxygen atoms in total. The van der Waals surface area contributed by atoms with Crippen LogP contribution in [0.25, 0.3) is 5.69 Å². The van der Waals surface area contributed by atoms with Gasteiger partial charge in [0, 0.05) is 18.7 Å². The summed E-state index contributed by atoms with van der Waals surface area (Å²) < 4.78 is 7.17. The summed E-state index contributed by atoms with van der Waals surface area (Å²) in [5.41, 5.74) is 2.04. The molecule has 3 aromatic rings. The molecule has 25 heavy (non-hydrogen) atoms. The standard InChI is InChI=1S/C19H22N4O2/c1-25-18-10-6-5-7-16(18)13-22(11-12-24)14-19-20-15-23(21-19)17-8-3-2-4-9-17/h2-10,15,24H,11-14H2,1H3. The Labute approximate surface area is 147 Å². The van der Waals surface area contributed by atoms with E-state index in [0.29, 0.717) is 25.5 Å². The molecular formula is C19H22N4O2. The lowest BCUT2D eigenvalue weighted by molar-refractivity contribution is 0.180. The van der Waals surface area contributed by atoms with Gasteiger partial charge in [-0.2, -0.15) is 0 Å². The molecule has 0 amide bonds. The molecule has 130 valence electrons. The van der Waals surface area contributed by atoms with Crippen molar-refractivity contribution in [3.05, 3.63) is 72.3 Å². The minimum absolute atomic E-state index is 0.0779. The fraction of sp³-hybridized carbons (Fsp3) is 0.263. The molecule has 1 N–H and O–H groups in total. The molecule has 0 spiro atoms. The Bertz CT molecular complexity index is 789. The van der Waals surface area contributed by atoms with E-state index in [-0.39, 0.29) is 6.61 Å². The monoisotopic (exact) mass is 338 g/mol. The number of para-hydroxylation sites is 2. The second kappa shape index (κ2) is 8.41. The van der Waals surface area contributed by atoms with Crippen LogP contribution >= 0.6 is 0 Å². The van der Waals surface area contributed by atoms with Crippen LogP contribution < -0.4 is 4.74 Å². The summed E-state index contributed by atoms with van der Waals surface area (Å²) in [5, 5.41) is 13.9. The Morgan fingerprint density at radius 2 is 1.80 bits per heavy atom. The smallest absolute Gasteiger partial charge is 0.165 e. The van der Waals surface area contributed by atoms with Gasteiger partial charge < -0.3 is 9.84 Å². The minimum atomic E-state index is 0.0779. The Morgan fingerprint density at radius 1 is 1.04 bits per heavy atom. The van der Waals surface area contributed by atoms with Crippen LogP contribution in [0, 0.1) is 0 Å². The summed E-state index contributed by atoms with van der Waals surface area (Å²) >= 11 is 0. The van der Waals surface area contributed by atoms with Crippen molar-refractivity contribution in [3.63, 3.8) is 0 Å². The molecule has 0 aliphatic heterocycles. The van der Waals surface area contributed by atoms with Crippen molar-refractivity contribution in [2.45, 2.75) is 13.1 Å². The fourth-order valence-corrected chi connectivity index (χ4v) is 2.70. The highest BCUT2D eigenvalue weighted by Crippen LogP contribution is 2.19. The number of hydrogen-bond acceptors (Lipinski definition) is 5. The number of rotatable bonds is 8. The zero-order chi connectivity index (χ0) is 17.5. The van der Waals surface area contributed by atoms with Gasteiger partial charge in [-0.1, -0.05) is 36.4 Å². The van der Waals surface area contributed by atoms with Gasteiger partial charge in [0.15, 0.2) is 5.82 Å². The third kappa shape index (κ3) is 4.43. The number of ether oxygens (including phenoxy) is 1. The summed E-state index contributed by atoms with van der Waals surface area (Å²) in [4.78, 5) is 6.50. The average Bonchev–Trinajstić information content (AvgIpc) is 3.11. The quantitative estimate of drug-likeness (QED) is 0.683. The van der Waals surface area contributed by atoms with Crippen LogP contribution in [0.1, 0.15) is 11.4 Å². The van der Waals surface area contributed by atoms with Gasteiger partial charge in [0.25, 0.3) is 0 Å². The summed E-state index contributed by atoms with van der Waals surface area (Å²) in [7, 11) is 1.66. The molecule has 0 aliphatic rings. The molecule has 0 bridgehead atoms. The van der Waals surface area contributed by atoms with Gasteiger partial charge in [0.2, 0.25) is 0 Å². The summed E-state index contributed by atoms with van der Waals surface area (Å²) in [6.45, 7) is 1.83. The SMILES string of the molecule is COc1ccccc1CN(CCO)Cc1ncn(-c2ccccc2)n1. The van der Waals surface area contributed by atoms with Crippen molar-refractivity contribution < 1.29 is 9.84 Å². The lowest BCUT2D eigenvalue weighted by atomic mass is 10.2.